The topological polar surface area (TPSA) is 41.1 Å². The van der Waals surface area contributed by atoms with Crippen LogP contribution in [0.4, 0.5) is 17.5 Å². The standard InChI is InChI=1S/C24H28N4.2C2H6/c1-5-20-15-23(28-13-12-19-8-6-7-9-21(19)18(28)4)27-24(25-20)26-22-11-10-16(2)14-17(22)3;2*1-2/h6-11,14-15,18H,5,12-13H2,1-4H3,(H,25,26,27);2*1-2H3. The molecule has 3 aromatic rings. The second-order valence-corrected chi connectivity index (χ2v) is 7.66. The number of hydrogen-bond acceptors (Lipinski definition) is 4. The summed E-state index contributed by atoms with van der Waals surface area (Å²) in [4.78, 5) is 12.0. The molecule has 0 fully saturated rings. The zero-order valence-electron chi connectivity index (χ0n) is 21.2. The maximum absolute atomic E-state index is 4.89. The summed E-state index contributed by atoms with van der Waals surface area (Å²) >= 11 is 0. The molecule has 1 aliphatic rings. The van der Waals surface area contributed by atoms with Crippen LogP contribution >= 0.6 is 0 Å². The molecule has 0 spiro atoms. The maximum atomic E-state index is 4.89. The minimum absolute atomic E-state index is 0.304. The molecule has 1 atom stereocenters. The Kier molecular flexibility index (Phi) is 9.70. The van der Waals surface area contributed by atoms with Crippen molar-refractivity contribution in [3.63, 3.8) is 0 Å². The molecule has 4 rings (SSSR count). The van der Waals surface area contributed by atoms with Gasteiger partial charge < -0.3 is 10.2 Å². The van der Waals surface area contributed by atoms with E-state index < -0.39 is 0 Å². The van der Waals surface area contributed by atoms with Crippen LogP contribution in [-0.4, -0.2) is 16.5 Å². The average molecular weight is 433 g/mol. The van der Waals surface area contributed by atoms with E-state index >= 15 is 0 Å². The van der Waals surface area contributed by atoms with Crippen LogP contribution in [0.1, 0.15) is 75.5 Å². The first-order valence-corrected chi connectivity index (χ1v) is 12.1. The molecule has 2 heterocycles. The van der Waals surface area contributed by atoms with E-state index in [0.717, 1.165) is 36.6 Å². The fraction of sp³-hybridized carbons (Fsp3) is 0.429. The molecule has 32 heavy (non-hydrogen) atoms. The van der Waals surface area contributed by atoms with Crippen molar-refractivity contribution in [2.24, 2.45) is 0 Å². The van der Waals surface area contributed by atoms with E-state index in [2.05, 4.69) is 86.4 Å². The van der Waals surface area contributed by atoms with Gasteiger partial charge in [0.25, 0.3) is 0 Å². The highest BCUT2D eigenvalue weighted by atomic mass is 15.2. The minimum atomic E-state index is 0.304. The second-order valence-electron chi connectivity index (χ2n) is 7.66. The van der Waals surface area contributed by atoms with E-state index in [1.807, 2.05) is 27.7 Å². The third-order valence-electron chi connectivity index (χ3n) is 5.65. The highest BCUT2D eigenvalue weighted by Crippen LogP contribution is 2.33. The Hall–Kier alpha value is -2.88. The molecule has 0 saturated carbocycles. The van der Waals surface area contributed by atoms with Crippen LogP contribution in [0, 0.1) is 13.8 Å². The largest absolute Gasteiger partial charge is 0.349 e. The Morgan fingerprint density at radius 3 is 2.38 bits per heavy atom. The second kappa shape index (κ2) is 12.2. The zero-order valence-corrected chi connectivity index (χ0v) is 21.2. The Morgan fingerprint density at radius 2 is 1.69 bits per heavy atom. The summed E-state index contributed by atoms with van der Waals surface area (Å²) in [6.07, 6.45) is 1.93. The first kappa shape index (κ1) is 25.4. The summed E-state index contributed by atoms with van der Waals surface area (Å²) in [5, 5.41) is 3.44. The lowest BCUT2D eigenvalue weighted by Crippen LogP contribution is -2.34. The highest BCUT2D eigenvalue weighted by molar-refractivity contribution is 5.61. The molecule has 4 heteroatoms. The van der Waals surface area contributed by atoms with Crippen molar-refractivity contribution in [1.82, 2.24) is 9.97 Å². The third kappa shape index (κ3) is 5.87. The zero-order chi connectivity index (χ0) is 23.7. The van der Waals surface area contributed by atoms with E-state index in [4.69, 9.17) is 9.97 Å². The van der Waals surface area contributed by atoms with Crippen molar-refractivity contribution in [2.75, 3.05) is 16.8 Å². The lowest BCUT2D eigenvalue weighted by atomic mass is 9.93. The third-order valence-corrected chi connectivity index (χ3v) is 5.65. The molecule has 0 bridgehead atoms. The summed E-state index contributed by atoms with van der Waals surface area (Å²) in [5.74, 6) is 1.67. The van der Waals surface area contributed by atoms with Gasteiger partial charge >= 0.3 is 0 Å². The molecule has 0 saturated heterocycles. The van der Waals surface area contributed by atoms with E-state index in [1.165, 1.54) is 22.3 Å². The van der Waals surface area contributed by atoms with Gasteiger partial charge in [-0.25, -0.2) is 4.98 Å². The number of anilines is 3. The molecule has 1 N–H and O–H groups in total. The number of nitrogens with one attached hydrogen (secondary N) is 1. The first-order chi connectivity index (χ1) is 15.5. The molecule has 2 aromatic carbocycles. The van der Waals surface area contributed by atoms with Crippen LogP contribution in [0.2, 0.25) is 0 Å². The molecule has 1 aromatic heterocycles. The molecular formula is C28H40N4. The molecule has 1 unspecified atom stereocenters. The number of benzene rings is 2. The number of aryl methyl sites for hydroxylation is 3. The predicted molar refractivity (Wildman–Crippen MR) is 139 cm³/mol. The number of aromatic nitrogens is 2. The van der Waals surface area contributed by atoms with E-state index in [1.54, 1.807) is 0 Å². The van der Waals surface area contributed by atoms with Crippen molar-refractivity contribution >= 4 is 17.5 Å². The first-order valence-electron chi connectivity index (χ1n) is 12.1. The maximum Gasteiger partial charge on any atom is 0.229 e. The van der Waals surface area contributed by atoms with Gasteiger partial charge in [-0.3, -0.25) is 0 Å². The van der Waals surface area contributed by atoms with E-state index in [9.17, 15) is 0 Å². The fourth-order valence-electron chi connectivity index (χ4n) is 4.03. The summed E-state index contributed by atoms with van der Waals surface area (Å²) < 4.78 is 0. The van der Waals surface area contributed by atoms with Gasteiger partial charge in [0, 0.05) is 24.0 Å². The Labute approximate surface area is 195 Å². The van der Waals surface area contributed by atoms with Gasteiger partial charge in [-0.2, -0.15) is 4.98 Å². The molecule has 0 radical (unpaired) electrons. The average Bonchev–Trinajstić information content (AvgIpc) is 2.83. The van der Waals surface area contributed by atoms with Crippen LogP contribution in [0.25, 0.3) is 0 Å². The highest BCUT2D eigenvalue weighted by Gasteiger charge is 2.25. The number of hydrogen-bond donors (Lipinski definition) is 1. The molecule has 172 valence electrons. The van der Waals surface area contributed by atoms with Crippen LogP contribution in [-0.2, 0) is 12.8 Å². The van der Waals surface area contributed by atoms with Crippen molar-refractivity contribution in [3.05, 3.63) is 76.5 Å². The number of fused-ring (bicyclic) bond motifs is 1. The van der Waals surface area contributed by atoms with Crippen molar-refractivity contribution in [2.45, 2.75) is 74.3 Å². The van der Waals surface area contributed by atoms with Gasteiger partial charge in [0.1, 0.15) is 5.82 Å². The molecular weight excluding hydrogens is 392 g/mol. The lowest BCUT2D eigenvalue weighted by Gasteiger charge is -2.36. The van der Waals surface area contributed by atoms with Crippen molar-refractivity contribution in [3.8, 4) is 0 Å². The molecule has 0 aliphatic carbocycles. The predicted octanol–water partition coefficient (Wildman–Crippen LogP) is 7.58. The SMILES string of the molecule is CC.CC.CCc1cc(N2CCc3ccccc3C2C)nc(Nc2ccc(C)cc2C)n1. The van der Waals surface area contributed by atoms with E-state index in [-0.39, 0.29) is 0 Å². The molecule has 0 amide bonds. The van der Waals surface area contributed by atoms with Crippen molar-refractivity contribution in [1.29, 1.82) is 0 Å². The smallest absolute Gasteiger partial charge is 0.229 e. The van der Waals surface area contributed by atoms with Crippen LogP contribution in [0.3, 0.4) is 0 Å². The summed E-state index contributed by atoms with van der Waals surface area (Å²) in [5.41, 5.74) is 7.42. The fourth-order valence-corrected chi connectivity index (χ4v) is 4.03. The number of nitrogens with zero attached hydrogens (tertiary/aromatic N) is 3. The summed E-state index contributed by atoms with van der Waals surface area (Å²) in [6, 6.07) is 17.6. The van der Waals surface area contributed by atoms with E-state index in [0.29, 0.717) is 12.0 Å². The van der Waals surface area contributed by atoms with Gasteiger partial charge in [-0.05, 0) is 56.4 Å². The van der Waals surface area contributed by atoms with Gasteiger partial charge in [0.05, 0.1) is 6.04 Å². The van der Waals surface area contributed by atoms with Gasteiger partial charge in [-0.1, -0.05) is 76.6 Å². The minimum Gasteiger partial charge on any atom is -0.349 e. The van der Waals surface area contributed by atoms with Gasteiger partial charge in [-0.15, -0.1) is 0 Å². The van der Waals surface area contributed by atoms with Crippen LogP contribution in [0.15, 0.2) is 48.5 Å². The monoisotopic (exact) mass is 432 g/mol. The summed E-state index contributed by atoms with van der Waals surface area (Å²) in [6.45, 7) is 17.6. The Balaban J connectivity index is 0.000000860. The van der Waals surface area contributed by atoms with Gasteiger partial charge in [0.2, 0.25) is 5.95 Å². The molecule has 4 nitrogen and oxygen atoms in total. The lowest BCUT2D eigenvalue weighted by molar-refractivity contribution is 0.616. The molecule has 1 aliphatic heterocycles. The normalized spacial score (nSPS) is 14.4. The summed E-state index contributed by atoms with van der Waals surface area (Å²) in [7, 11) is 0. The Bertz CT molecular complexity index is 996. The number of rotatable bonds is 4. The van der Waals surface area contributed by atoms with Gasteiger partial charge in [0.15, 0.2) is 0 Å². The Morgan fingerprint density at radius 1 is 0.969 bits per heavy atom. The van der Waals surface area contributed by atoms with Crippen LogP contribution in [0.5, 0.6) is 0 Å². The van der Waals surface area contributed by atoms with Crippen molar-refractivity contribution < 1.29 is 0 Å². The van der Waals surface area contributed by atoms with Crippen LogP contribution < -0.4 is 10.2 Å². The quantitative estimate of drug-likeness (QED) is 0.461.